The molecule has 3 heterocycles. The number of aromatic nitrogens is 2. The molecule has 0 spiro atoms. The minimum Gasteiger partial charge on any atom is -0.389 e. The number of imidazole rings is 1. The van der Waals surface area contributed by atoms with Gasteiger partial charge in [0.1, 0.15) is 17.7 Å². The number of β-amino-alcohol motifs (C(OH)–C–C–N with tert-alkyl or cyclic N) is 1. The number of amides is 1. The van der Waals surface area contributed by atoms with Crippen LogP contribution in [0.5, 0.6) is 0 Å². The number of rotatable bonds is 5. The third-order valence-corrected chi connectivity index (χ3v) is 7.38. The standard InChI is InChI=1S/C27H30F2N4O2/c1-18(22-4-2-3-5-23(22)19-6-8-20(28)9-7-19)33-17-30-14-25(33)27(35)31-12-10-21(11-13-31)32-15-24(29)26(34)16-32/h2-9,14,17-18,21,24,26,34H,10-13,15-16H2,1H3/t18-,24+,26+/m0/s1. The Bertz CT molecular complexity index is 1160. The molecule has 2 saturated heterocycles. The maximum atomic E-state index is 13.7. The van der Waals surface area contributed by atoms with Gasteiger partial charge in [-0.3, -0.25) is 9.69 Å². The van der Waals surface area contributed by atoms with E-state index in [9.17, 15) is 18.7 Å². The van der Waals surface area contributed by atoms with Crippen LogP contribution in [0, 0.1) is 5.82 Å². The summed E-state index contributed by atoms with van der Waals surface area (Å²) >= 11 is 0. The van der Waals surface area contributed by atoms with Gasteiger partial charge in [-0.25, -0.2) is 13.8 Å². The first-order valence-electron chi connectivity index (χ1n) is 12.1. The lowest BCUT2D eigenvalue weighted by Crippen LogP contribution is -2.46. The van der Waals surface area contributed by atoms with Gasteiger partial charge in [0.15, 0.2) is 0 Å². The van der Waals surface area contributed by atoms with Crippen molar-refractivity contribution >= 4 is 5.91 Å². The third-order valence-electron chi connectivity index (χ3n) is 7.38. The summed E-state index contributed by atoms with van der Waals surface area (Å²) in [4.78, 5) is 21.6. The molecule has 1 N–H and O–H groups in total. The fraction of sp³-hybridized carbons (Fsp3) is 0.407. The van der Waals surface area contributed by atoms with E-state index >= 15 is 0 Å². The second kappa shape index (κ2) is 9.87. The van der Waals surface area contributed by atoms with Crippen LogP contribution in [0.4, 0.5) is 8.78 Å². The summed E-state index contributed by atoms with van der Waals surface area (Å²) in [5, 5.41) is 9.74. The molecule has 5 rings (SSSR count). The van der Waals surface area contributed by atoms with Crippen LogP contribution in [0.3, 0.4) is 0 Å². The van der Waals surface area contributed by atoms with Crippen molar-refractivity contribution in [2.75, 3.05) is 26.2 Å². The molecule has 2 fully saturated rings. The molecule has 3 atom stereocenters. The Morgan fingerprint density at radius 3 is 2.49 bits per heavy atom. The quantitative estimate of drug-likeness (QED) is 0.602. The van der Waals surface area contributed by atoms with E-state index in [1.165, 1.54) is 12.1 Å². The molecule has 0 bridgehead atoms. The van der Waals surface area contributed by atoms with Crippen molar-refractivity contribution in [2.24, 2.45) is 0 Å². The maximum absolute atomic E-state index is 13.7. The van der Waals surface area contributed by atoms with Crippen LogP contribution in [0.1, 0.15) is 41.9 Å². The van der Waals surface area contributed by atoms with Gasteiger partial charge < -0.3 is 14.6 Å². The minimum absolute atomic E-state index is 0.0723. The maximum Gasteiger partial charge on any atom is 0.272 e. The lowest BCUT2D eigenvalue weighted by atomic mass is 9.95. The summed E-state index contributed by atoms with van der Waals surface area (Å²) in [7, 11) is 0. The van der Waals surface area contributed by atoms with Crippen LogP contribution in [0.2, 0.25) is 0 Å². The summed E-state index contributed by atoms with van der Waals surface area (Å²) in [5.41, 5.74) is 3.42. The predicted octanol–water partition coefficient (Wildman–Crippen LogP) is 3.92. The number of carbonyl (C=O) groups excluding carboxylic acids is 1. The fourth-order valence-corrected chi connectivity index (χ4v) is 5.35. The molecule has 0 aliphatic carbocycles. The van der Waals surface area contributed by atoms with Gasteiger partial charge in [-0.1, -0.05) is 36.4 Å². The molecule has 8 heteroatoms. The summed E-state index contributed by atoms with van der Waals surface area (Å²) in [6.07, 6.45) is 2.69. The van der Waals surface area contributed by atoms with Crippen LogP contribution in [0.15, 0.2) is 61.1 Å². The summed E-state index contributed by atoms with van der Waals surface area (Å²) in [6.45, 7) is 3.81. The first-order valence-corrected chi connectivity index (χ1v) is 12.1. The summed E-state index contributed by atoms with van der Waals surface area (Å²) < 4.78 is 29.1. The molecule has 0 saturated carbocycles. The Hall–Kier alpha value is -3.10. The van der Waals surface area contributed by atoms with Crippen molar-refractivity contribution in [3.8, 4) is 11.1 Å². The van der Waals surface area contributed by atoms with Gasteiger partial charge in [0.2, 0.25) is 0 Å². The molecule has 0 radical (unpaired) electrons. The number of aliphatic hydroxyl groups excluding tert-OH is 1. The number of alkyl halides is 1. The van der Waals surface area contributed by atoms with E-state index in [0.29, 0.717) is 25.3 Å². The van der Waals surface area contributed by atoms with Crippen LogP contribution >= 0.6 is 0 Å². The molecular formula is C27H30F2N4O2. The topological polar surface area (TPSA) is 61.6 Å². The van der Waals surface area contributed by atoms with Gasteiger partial charge in [-0.15, -0.1) is 0 Å². The van der Waals surface area contributed by atoms with Crippen LogP contribution < -0.4 is 0 Å². The Morgan fingerprint density at radius 2 is 1.80 bits per heavy atom. The lowest BCUT2D eigenvalue weighted by molar-refractivity contribution is 0.0616. The molecule has 6 nitrogen and oxygen atoms in total. The van der Waals surface area contributed by atoms with Crippen molar-refractivity contribution in [1.82, 2.24) is 19.4 Å². The van der Waals surface area contributed by atoms with E-state index in [1.54, 1.807) is 24.7 Å². The molecule has 1 amide bonds. The zero-order valence-electron chi connectivity index (χ0n) is 19.7. The van der Waals surface area contributed by atoms with Crippen molar-refractivity contribution in [3.63, 3.8) is 0 Å². The number of aliphatic hydroxyl groups is 1. The first-order chi connectivity index (χ1) is 16.9. The summed E-state index contributed by atoms with van der Waals surface area (Å²) in [5.74, 6) is -0.354. The van der Waals surface area contributed by atoms with Gasteiger partial charge in [0.25, 0.3) is 5.91 Å². The highest BCUT2D eigenvalue weighted by Gasteiger charge is 2.37. The molecule has 35 heavy (non-hydrogen) atoms. The van der Waals surface area contributed by atoms with Crippen molar-refractivity contribution in [2.45, 2.75) is 44.1 Å². The largest absolute Gasteiger partial charge is 0.389 e. The third kappa shape index (κ3) is 4.73. The van der Waals surface area contributed by atoms with Crippen LogP contribution in [-0.2, 0) is 0 Å². The van der Waals surface area contributed by atoms with E-state index in [0.717, 1.165) is 29.5 Å². The molecule has 2 aromatic carbocycles. The number of hydrogen-bond donors (Lipinski definition) is 1. The highest BCUT2D eigenvalue weighted by Crippen LogP contribution is 2.31. The summed E-state index contributed by atoms with van der Waals surface area (Å²) in [6, 6.07) is 14.4. The van der Waals surface area contributed by atoms with E-state index in [1.807, 2.05) is 45.6 Å². The molecule has 184 valence electrons. The number of carbonyl (C=O) groups is 1. The van der Waals surface area contributed by atoms with E-state index in [-0.39, 0.29) is 30.4 Å². The normalized spacial score (nSPS) is 22.5. The molecule has 2 aliphatic rings. The molecule has 2 aliphatic heterocycles. The second-order valence-corrected chi connectivity index (χ2v) is 9.52. The minimum atomic E-state index is -1.19. The highest BCUT2D eigenvalue weighted by atomic mass is 19.1. The van der Waals surface area contributed by atoms with Gasteiger partial charge in [0.05, 0.1) is 24.7 Å². The molecule has 3 aromatic rings. The zero-order chi connectivity index (χ0) is 24.5. The second-order valence-electron chi connectivity index (χ2n) is 9.52. The van der Waals surface area contributed by atoms with Crippen molar-refractivity contribution < 1.29 is 18.7 Å². The monoisotopic (exact) mass is 480 g/mol. The van der Waals surface area contributed by atoms with Crippen LogP contribution in [-0.4, -0.2) is 74.9 Å². The molecule has 0 unspecified atom stereocenters. The number of piperidine rings is 1. The van der Waals surface area contributed by atoms with Gasteiger partial charge in [-0.05, 0) is 48.6 Å². The highest BCUT2D eigenvalue weighted by molar-refractivity contribution is 5.92. The Kier molecular flexibility index (Phi) is 6.67. The molecule has 1 aromatic heterocycles. The number of benzene rings is 2. The fourth-order valence-electron chi connectivity index (χ4n) is 5.35. The van der Waals surface area contributed by atoms with E-state index in [4.69, 9.17) is 0 Å². The predicted molar refractivity (Wildman–Crippen MR) is 129 cm³/mol. The number of nitrogens with zero attached hydrogens (tertiary/aromatic N) is 4. The average molecular weight is 481 g/mol. The van der Waals surface area contributed by atoms with Gasteiger partial charge >= 0.3 is 0 Å². The molecular weight excluding hydrogens is 450 g/mol. The number of halogens is 2. The van der Waals surface area contributed by atoms with E-state index in [2.05, 4.69) is 4.98 Å². The average Bonchev–Trinajstić information content (AvgIpc) is 3.50. The number of likely N-dealkylation sites (tertiary alicyclic amines) is 2. The zero-order valence-corrected chi connectivity index (χ0v) is 19.7. The first kappa shape index (κ1) is 23.6. The van der Waals surface area contributed by atoms with Crippen LogP contribution in [0.25, 0.3) is 11.1 Å². The Labute approximate surface area is 203 Å². The van der Waals surface area contributed by atoms with Gasteiger partial charge in [-0.2, -0.15) is 0 Å². The smallest absolute Gasteiger partial charge is 0.272 e. The Balaban J connectivity index is 1.32. The van der Waals surface area contributed by atoms with Gasteiger partial charge in [0, 0.05) is 32.2 Å². The van der Waals surface area contributed by atoms with Crippen molar-refractivity contribution in [3.05, 3.63) is 78.1 Å². The van der Waals surface area contributed by atoms with E-state index < -0.39 is 12.3 Å². The number of hydrogen-bond acceptors (Lipinski definition) is 4. The Morgan fingerprint density at radius 1 is 1.09 bits per heavy atom. The SMILES string of the molecule is C[C@@H](c1ccccc1-c1ccc(F)cc1)n1cncc1C(=O)N1CCC(N2C[C@@H](O)[C@H](F)C2)CC1. The lowest BCUT2D eigenvalue weighted by Gasteiger charge is -2.36. The van der Waals surface area contributed by atoms with Crippen molar-refractivity contribution in [1.29, 1.82) is 0 Å².